The topological polar surface area (TPSA) is 47.6 Å². The highest BCUT2D eigenvalue weighted by atomic mass is 16.6. The molecule has 1 N–H and O–H groups in total. The molecule has 2 aliphatic rings. The number of anilines is 1. The van der Waals surface area contributed by atoms with Crippen LogP contribution in [0.15, 0.2) is 42.5 Å². The maximum Gasteiger partial charge on any atom is 0.235 e. The zero-order valence-electron chi connectivity index (χ0n) is 15.6. The molecule has 1 aliphatic carbocycles. The number of carbonyl (C=O) groups excluding carboxylic acids is 1. The molecule has 2 aromatic rings. The van der Waals surface area contributed by atoms with Gasteiger partial charge >= 0.3 is 0 Å². The van der Waals surface area contributed by atoms with Crippen LogP contribution in [0.1, 0.15) is 44.7 Å². The predicted molar refractivity (Wildman–Crippen MR) is 102 cm³/mol. The lowest BCUT2D eigenvalue weighted by atomic mass is 9.85. The molecule has 136 valence electrons. The number of para-hydroxylation sites is 1. The van der Waals surface area contributed by atoms with Gasteiger partial charge in [0.15, 0.2) is 11.5 Å². The molecular formula is C22H25NO3. The van der Waals surface area contributed by atoms with Crippen LogP contribution < -0.4 is 14.8 Å². The van der Waals surface area contributed by atoms with E-state index in [4.69, 9.17) is 9.47 Å². The van der Waals surface area contributed by atoms with Crippen LogP contribution in [0.2, 0.25) is 0 Å². The molecule has 1 amide bonds. The molecule has 1 aliphatic heterocycles. The Labute approximate surface area is 154 Å². The van der Waals surface area contributed by atoms with Crippen LogP contribution in [0.25, 0.3) is 0 Å². The fourth-order valence-corrected chi connectivity index (χ4v) is 3.60. The van der Waals surface area contributed by atoms with Crippen LogP contribution in [0.4, 0.5) is 5.69 Å². The molecule has 1 heterocycles. The largest absolute Gasteiger partial charge is 0.486 e. The summed E-state index contributed by atoms with van der Waals surface area (Å²) < 4.78 is 11.3. The van der Waals surface area contributed by atoms with Crippen LogP contribution in [0.3, 0.4) is 0 Å². The van der Waals surface area contributed by atoms with Crippen molar-refractivity contribution in [1.82, 2.24) is 0 Å². The predicted octanol–water partition coefficient (Wildman–Crippen LogP) is 4.43. The van der Waals surface area contributed by atoms with E-state index in [1.165, 1.54) is 0 Å². The van der Waals surface area contributed by atoms with Crippen LogP contribution in [-0.2, 0) is 15.6 Å². The van der Waals surface area contributed by atoms with Crippen molar-refractivity contribution in [2.45, 2.75) is 44.4 Å². The third-order valence-corrected chi connectivity index (χ3v) is 5.26. The summed E-state index contributed by atoms with van der Waals surface area (Å²) in [5.74, 6) is 1.56. The number of nitrogens with one attached hydrogen (secondary N) is 1. The minimum Gasteiger partial charge on any atom is -0.486 e. The van der Waals surface area contributed by atoms with Gasteiger partial charge in [-0.05, 0) is 47.6 Å². The molecule has 0 unspecified atom stereocenters. The first-order chi connectivity index (χ1) is 12.4. The number of rotatable bonds is 3. The summed E-state index contributed by atoms with van der Waals surface area (Å²) in [6.45, 7) is 7.60. The van der Waals surface area contributed by atoms with Crippen molar-refractivity contribution in [2.24, 2.45) is 0 Å². The monoisotopic (exact) mass is 351 g/mol. The van der Waals surface area contributed by atoms with Gasteiger partial charge in [-0.1, -0.05) is 45.0 Å². The van der Waals surface area contributed by atoms with E-state index in [2.05, 4.69) is 32.2 Å². The van der Waals surface area contributed by atoms with Gasteiger partial charge in [0.25, 0.3) is 0 Å². The standard InChI is InChI=1S/C22H25NO3/c1-21(2,3)16-6-4-5-7-17(16)23-20(24)22(10-11-22)15-8-9-18-19(14-15)26-13-12-25-18/h4-9,14H,10-13H2,1-3H3,(H,23,24). The van der Waals surface area contributed by atoms with E-state index in [0.717, 1.165) is 41.2 Å². The van der Waals surface area contributed by atoms with Crippen molar-refractivity contribution in [1.29, 1.82) is 0 Å². The summed E-state index contributed by atoms with van der Waals surface area (Å²) in [7, 11) is 0. The number of hydrogen-bond acceptors (Lipinski definition) is 3. The summed E-state index contributed by atoms with van der Waals surface area (Å²) in [5, 5.41) is 3.19. The Bertz CT molecular complexity index is 847. The van der Waals surface area contributed by atoms with E-state index >= 15 is 0 Å². The van der Waals surface area contributed by atoms with E-state index in [1.54, 1.807) is 0 Å². The Morgan fingerprint density at radius 1 is 1.00 bits per heavy atom. The van der Waals surface area contributed by atoms with Crippen molar-refractivity contribution < 1.29 is 14.3 Å². The van der Waals surface area contributed by atoms with Gasteiger partial charge in [0, 0.05) is 5.69 Å². The van der Waals surface area contributed by atoms with E-state index in [9.17, 15) is 4.79 Å². The molecular weight excluding hydrogens is 326 g/mol. The Morgan fingerprint density at radius 3 is 2.38 bits per heavy atom. The molecule has 1 saturated carbocycles. The fraction of sp³-hybridized carbons (Fsp3) is 0.409. The third-order valence-electron chi connectivity index (χ3n) is 5.26. The Hall–Kier alpha value is -2.49. The first-order valence-corrected chi connectivity index (χ1v) is 9.21. The highest BCUT2D eigenvalue weighted by Crippen LogP contribution is 2.51. The first-order valence-electron chi connectivity index (χ1n) is 9.21. The quantitative estimate of drug-likeness (QED) is 0.890. The molecule has 2 aromatic carbocycles. The number of hydrogen-bond donors (Lipinski definition) is 1. The molecule has 0 radical (unpaired) electrons. The summed E-state index contributed by atoms with van der Waals surface area (Å²) in [6.07, 6.45) is 1.71. The summed E-state index contributed by atoms with van der Waals surface area (Å²) >= 11 is 0. The maximum atomic E-state index is 13.2. The number of fused-ring (bicyclic) bond motifs is 1. The Balaban J connectivity index is 1.61. The Morgan fingerprint density at radius 2 is 1.69 bits per heavy atom. The van der Waals surface area contributed by atoms with E-state index in [-0.39, 0.29) is 11.3 Å². The first kappa shape index (κ1) is 17.0. The van der Waals surface area contributed by atoms with E-state index in [1.807, 2.05) is 36.4 Å². The van der Waals surface area contributed by atoms with Crippen molar-refractivity contribution in [3.8, 4) is 11.5 Å². The minimum atomic E-state index is -0.458. The second kappa shape index (κ2) is 6.04. The van der Waals surface area contributed by atoms with Crippen LogP contribution >= 0.6 is 0 Å². The SMILES string of the molecule is CC(C)(C)c1ccccc1NC(=O)C1(c2ccc3c(c2)OCCO3)CC1. The number of carbonyl (C=O) groups is 1. The molecule has 0 saturated heterocycles. The molecule has 0 aromatic heterocycles. The van der Waals surface area contributed by atoms with Crippen LogP contribution in [0, 0.1) is 0 Å². The number of benzene rings is 2. The summed E-state index contributed by atoms with van der Waals surface area (Å²) in [4.78, 5) is 13.2. The zero-order valence-corrected chi connectivity index (χ0v) is 15.6. The molecule has 0 spiro atoms. The highest BCUT2D eigenvalue weighted by molar-refractivity contribution is 6.02. The van der Waals surface area contributed by atoms with Crippen LogP contribution in [0.5, 0.6) is 11.5 Å². The normalized spacial score (nSPS) is 17.5. The van der Waals surface area contributed by atoms with E-state index in [0.29, 0.717) is 13.2 Å². The van der Waals surface area contributed by atoms with Crippen molar-refractivity contribution in [2.75, 3.05) is 18.5 Å². The maximum absolute atomic E-state index is 13.2. The van der Waals surface area contributed by atoms with E-state index < -0.39 is 5.41 Å². The summed E-state index contributed by atoms with van der Waals surface area (Å²) in [6, 6.07) is 13.9. The minimum absolute atomic E-state index is 0.0302. The third kappa shape index (κ3) is 2.94. The Kier molecular flexibility index (Phi) is 3.94. The van der Waals surface area contributed by atoms with Crippen LogP contribution in [-0.4, -0.2) is 19.1 Å². The molecule has 4 nitrogen and oxygen atoms in total. The zero-order chi connectivity index (χ0) is 18.4. The van der Waals surface area contributed by atoms with Gasteiger partial charge in [0.2, 0.25) is 5.91 Å². The second-order valence-electron chi connectivity index (χ2n) is 8.19. The van der Waals surface area contributed by atoms with Crippen molar-refractivity contribution in [3.05, 3.63) is 53.6 Å². The number of amides is 1. The second-order valence-corrected chi connectivity index (χ2v) is 8.19. The van der Waals surface area contributed by atoms with Gasteiger partial charge in [-0.2, -0.15) is 0 Å². The molecule has 0 atom stereocenters. The van der Waals surface area contributed by atoms with Gasteiger partial charge in [-0.15, -0.1) is 0 Å². The average molecular weight is 351 g/mol. The van der Waals surface area contributed by atoms with Gasteiger partial charge in [-0.3, -0.25) is 4.79 Å². The van der Waals surface area contributed by atoms with Crippen molar-refractivity contribution >= 4 is 11.6 Å². The molecule has 4 rings (SSSR count). The summed E-state index contributed by atoms with van der Waals surface area (Å²) in [5.41, 5.74) is 2.56. The highest BCUT2D eigenvalue weighted by Gasteiger charge is 2.51. The van der Waals surface area contributed by atoms with Gasteiger partial charge in [0.1, 0.15) is 13.2 Å². The lowest BCUT2D eigenvalue weighted by Gasteiger charge is -2.25. The van der Waals surface area contributed by atoms with Gasteiger partial charge < -0.3 is 14.8 Å². The van der Waals surface area contributed by atoms with Gasteiger partial charge in [0.05, 0.1) is 5.41 Å². The lowest BCUT2D eigenvalue weighted by molar-refractivity contribution is -0.118. The lowest BCUT2D eigenvalue weighted by Crippen LogP contribution is -2.29. The van der Waals surface area contributed by atoms with Crippen molar-refractivity contribution in [3.63, 3.8) is 0 Å². The number of ether oxygens (including phenoxy) is 2. The molecule has 26 heavy (non-hydrogen) atoms. The molecule has 1 fully saturated rings. The smallest absolute Gasteiger partial charge is 0.235 e. The molecule has 4 heteroatoms. The van der Waals surface area contributed by atoms with Gasteiger partial charge in [-0.25, -0.2) is 0 Å². The average Bonchev–Trinajstić information content (AvgIpc) is 3.43. The fourth-order valence-electron chi connectivity index (χ4n) is 3.60. The molecule has 0 bridgehead atoms.